The van der Waals surface area contributed by atoms with Gasteiger partial charge >= 0.3 is 0 Å². The van der Waals surface area contributed by atoms with Crippen molar-refractivity contribution in [2.75, 3.05) is 33.4 Å². The molecule has 20 heavy (non-hydrogen) atoms. The van der Waals surface area contributed by atoms with Crippen molar-refractivity contribution in [2.24, 2.45) is 11.7 Å². The third kappa shape index (κ3) is 8.23. The zero-order valence-corrected chi connectivity index (χ0v) is 14.6. The molecule has 0 aliphatic heterocycles. The lowest BCUT2D eigenvalue weighted by molar-refractivity contribution is 0.0535. The van der Waals surface area contributed by atoms with E-state index in [1.807, 2.05) is 0 Å². The molecular formula is C17H38N2O. The van der Waals surface area contributed by atoms with Gasteiger partial charge in [0.15, 0.2) is 0 Å². The molecule has 3 heteroatoms. The van der Waals surface area contributed by atoms with Crippen molar-refractivity contribution in [3.63, 3.8) is 0 Å². The van der Waals surface area contributed by atoms with Gasteiger partial charge in [0.1, 0.15) is 0 Å². The summed E-state index contributed by atoms with van der Waals surface area (Å²) in [5.41, 5.74) is 6.23. The lowest BCUT2D eigenvalue weighted by atomic mass is 9.91. The van der Waals surface area contributed by atoms with Gasteiger partial charge in [0.05, 0.1) is 6.61 Å². The SMILES string of the molecule is CCCCCCCC(C)(CN)N(CCOC)CC(C)C. The standard InChI is InChI=1S/C17H38N2O/c1-6-7-8-9-10-11-17(4,15-18)19(12-13-20-5)14-16(2)3/h16H,6-15,18H2,1-5H3. The number of rotatable bonds is 13. The highest BCUT2D eigenvalue weighted by atomic mass is 16.5. The molecule has 0 saturated heterocycles. The minimum atomic E-state index is 0.120. The fraction of sp³-hybridized carbons (Fsp3) is 1.00. The quantitative estimate of drug-likeness (QED) is 0.525. The molecule has 0 fully saturated rings. The molecule has 0 heterocycles. The Balaban J connectivity index is 4.40. The molecule has 3 nitrogen and oxygen atoms in total. The van der Waals surface area contributed by atoms with Gasteiger partial charge in [0, 0.05) is 32.3 Å². The Morgan fingerprint density at radius 1 is 1.15 bits per heavy atom. The first-order valence-corrected chi connectivity index (χ1v) is 8.44. The predicted molar refractivity (Wildman–Crippen MR) is 89.1 cm³/mol. The molecule has 0 amide bonds. The molecule has 0 saturated carbocycles. The summed E-state index contributed by atoms with van der Waals surface area (Å²) in [5, 5.41) is 0. The summed E-state index contributed by atoms with van der Waals surface area (Å²) in [5.74, 6) is 0.665. The third-order valence-electron chi connectivity index (χ3n) is 4.17. The number of unbranched alkanes of at least 4 members (excludes halogenated alkanes) is 4. The monoisotopic (exact) mass is 286 g/mol. The largest absolute Gasteiger partial charge is 0.383 e. The fourth-order valence-electron chi connectivity index (χ4n) is 2.72. The second-order valence-corrected chi connectivity index (χ2v) is 6.70. The highest BCUT2D eigenvalue weighted by Crippen LogP contribution is 2.23. The van der Waals surface area contributed by atoms with E-state index in [0.29, 0.717) is 5.92 Å². The second kappa shape index (κ2) is 11.5. The summed E-state index contributed by atoms with van der Waals surface area (Å²) in [4.78, 5) is 2.54. The summed E-state index contributed by atoms with van der Waals surface area (Å²) in [6, 6.07) is 0. The maximum atomic E-state index is 6.11. The molecule has 0 aliphatic carbocycles. The van der Waals surface area contributed by atoms with E-state index in [1.54, 1.807) is 7.11 Å². The van der Waals surface area contributed by atoms with Crippen molar-refractivity contribution in [2.45, 2.75) is 71.8 Å². The van der Waals surface area contributed by atoms with Crippen LogP contribution in [-0.4, -0.2) is 43.8 Å². The van der Waals surface area contributed by atoms with Crippen molar-refractivity contribution in [3.05, 3.63) is 0 Å². The number of hydrogen-bond acceptors (Lipinski definition) is 3. The minimum absolute atomic E-state index is 0.120. The molecule has 0 aromatic heterocycles. The van der Waals surface area contributed by atoms with Crippen LogP contribution in [0.1, 0.15) is 66.2 Å². The maximum Gasteiger partial charge on any atom is 0.0589 e. The van der Waals surface area contributed by atoms with Gasteiger partial charge in [-0.3, -0.25) is 4.90 Å². The normalized spacial score (nSPS) is 15.0. The highest BCUT2D eigenvalue weighted by molar-refractivity contribution is 4.87. The number of nitrogens with zero attached hydrogens (tertiary/aromatic N) is 1. The van der Waals surface area contributed by atoms with E-state index in [0.717, 1.165) is 26.2 Å². The van der Waals surface area contributed by atoms with Crippen LogP contribution >= 0.6 is 0 Å². The molecule has 0 aromatic carbocycles. The summed E-state index contributed by atoms with van der Waals surface area (Å²) in [6.45, 7) is 12.7. The summed E-state index contributed by atoms with van der Waals surface area (Å²) < 4.78 is 5.27. The van der Waals surface area contributed by atoms with Crippen LogP contribution in [-0.2, 0) is 4.74 Å². The fourth-order valence-corrected chi connectivity index (χ4v) is 2.72. The Hall–Kier alpha value is -0.120. The van der Waals surface area contributed by atoms with Gasteiger partial charge in [0.25, 0.3) is 0 Å². The van der Waals surface area contributed by atoms with Crippen LogP contribution < -0.4 is 5.73 Å². The van der Waals surface area contributed by atoms with Gasteiger partial charge in [-0.1, -0.05) is 52.9 Å². The highest BCUT2D eigenvalue weighted by Gasteiger charge is 2.29. The molecular weight excluding hydrogens is 248 g/mol. The second-order valence-electron chi connectivity index (χ2n) is 6.70. The predicted octanol–water partition coefficient (Wildman–Crippen LogP) is 3.67. The molecule has 0 rings (SSSR count). The molecule has 1 unspecified atom stereocenters. The van der Waals surface area contributed by atoms with Crippen molar-refractivity contribution < 1.29 is 4.74 Å². The minimum Gasteiger partial charge on any atom is -0.383 e. The molecule has 0 radical (unpaired) electrons. The lowest BCUT2D eigenvalue weighted by Crippen LogP contribution is -2.54. The lowest BCUT2D eigenvalue weighted by Gasteiger charge is -2.42. The van der Waals surface area contributed by atoms with Crippen LogP contribution in [0, 0.1) is 5.92 Å². The summed E-state index contributed by atoms with van der Waals surface area (Å²) >= 11 is 0. The Labute approximate surface area is 127 Å². The Bertz CT molecular complexity index is 221. The van der Waals surface area contributed by atoms with Crippen LogP contribution in [0.25, 0.3) is 0 Å². The number of hydrogen-bond donors (Lipinski definition) is 1. The van der Waals surface area contributed by atoms with Gasteiger partial charge in [-0.15, -0.1) is 0 Å². The Kier molecular flexibility index (Phi) is 11.5. The molecule has 0 aromatic rings. The third-order valence-corrected chi connectivity index (χ3v) is 4.17. The zero-order chi connectivity index (χ0) is 15.4. The van der Waals surface area contributed by atoms with Crippen LogP contribution in [0.15, 0.2) is 0 Å². The average Bonchev–Trinajstić information content (AvgIpc) is 2.42. The van der Waals surface area contributed by atoms with E-state index in [-0.39, 0.29) is 5.54 Å². The van der Waals surface area contributed by atoms with E-state index in [9.17, 15) is 0 Å². The van der Waals surface area contributed by atoms with Crippen LogP contribution in [0.3, 0.4) is 0 Å². The van der Waals surface area contributed by atoms with Crippen molar-refractivity contribution in [1.82, 2.24) is 4.90 Å². The maximum absolute atomic E-state index is 6.11. The first kappa shape index (κ1) is 19.9. The van der Waals surface area contributed by atoms with E-state index in [4.69, 9.17) is 10.5 Å². The number of nitrogens with two attached hydrogens (primary N) is 1. The smallest absolute Gasteiger partial charge is 0.0589 e. The number of methoxy groups -OCH3 is 1. The Morgan fingerprint density at radius 2 is 1.80 bits per heavy atom. The van der Waals surface area contributed by atoms with Crippen molar-refractivity contribution in [1.29, 1.82) is 0 Å². The van der Waals surface area contributed by atoms with Gasteiger partial charge in [-0.2, -0.15) is 0 Å². The summed E-state index contributed by atoms with van der Waals surface area (Å²) in [6.07, 6.45) is 7.85. The van der Waals surface area contributed by atoms with Crippen LogP contribution in [0.4, 0.5) is 0 Å². The van der Waals surface area contributed by atoms with Gasteiger partial charge in [-0.05, 0) is 19.3 Å². The number of ether oxygens (including phenoxy) is 1. The van der Waals surface area contributed by atoms with Crippen LogP contribution in [0.2, 0.25) is 0 Å². The van der Waals surface area contributed by atoms with E-state index in [2.05, 4.69) is 32.6 Å². The zero-order valence-electron chi connectivity index (χ0n) is 14.6. The molecule has 0 spiro atoms. The van der Waals surface area contributed by atoms with E-state index < -0.39 is 0 Å². The van der Waals surface area contributed by atoms with Crippen molar-refractivity contribution >= 4 is 0 Å². The van der Waals surface area contributed by atoms with E-state index in [1.165, 1.54) is 38.5 Å². The molecule has 0 bridgehead atoms. The topological polar surface area (TPSA) is 38.5 Å². The Morgan fingerprint density at radius 3 is 2.30 bits per heavy atom. The van der Waals surface area contributed by atoms with E-state index >= 15 is 0 Å². The molecule has 1 atom stereocenters. The van der Waals surface area contributed by atoms with Gasteiger partial charge in [-0.25, -0.2) is 0 Å². The van der Waals surface area contributed by atoms with Crippen LogP contribution in [0.5, 0.6) is 0 Å². The van der Waals surface area contributed by atoms with Gasteiger partial charge in [0.2, 0.25) is 0 Å². The molecule has 0 aliphatic rings. The van der Waals surface area contributed by atoms with Crippen molar-refractivity contribution in [3.8, 4) is 0 Å². The first-order chi connectivity index (χ1) is 9.50. The average molecular weight is 287 g/mol. The van der Waals surface area contributed by atoms with Gasteiger partial charge < -0.3 is 10.5 Å². The first-order valence-electron chi connectivity index (χ1n) is 8.44. The molecule has 2 N–H and O–H groups in total. The summed E-state index contributed by atoms with van der Waals surface area (Å²) in [7, 11) is 1.78. The molecule has 122 valence electrons.